The van der Waals surface area contributed by atoms with E-state index in [0.717, 1.165) is 19.5 Å². The summed E-state index contributed by atoms with van der Waals surface area (Å²) < 4.78 is 0. The molecule has 0 saturated carbocycles. The van der Waals surface area contributed by atoms with Crippen LogP contribution in [0.15, 0.2) is 48.7 Å². The number of amides is 1. The SMILES string of the molecule is NNc1cc(C(=O)N2CCC(c3ccccc3)C2)ccn1. The molecule has 5 nitrogen and oxygen atoms in total. The third-order valence-electron chi connectivity index (χ3n) is 3.90. The van der Waals surface area contributed by atoms with E-state index in [0.29, 0.717) is 17.3 Å². The van der Waals surface area contributed by atoms with Gasteiger partial charge in [0.2, 0.25) is 0 Å². The zero-order valence-corrected chi connectivity index (χ0v) is 11.7. The molecule has 108 valence electrons. The van der Waals surface area contributed by atoms with Crippen molar-refractivity contribution in [2.45, 2.75) is 12.3 Å². The summed E-state index contributed by atoms with van der Waals surface area (Å²) in [4.78, 5) is 18.4. The number of hydrogen-bond donors (Lipinski definition) is 2. The smallest absolute Gasteiger partial charge is 0.254 e. The van der Waals surface area contributed by atoms with Crippen LogP contribution in [0, 0.1) is 0 Å². The van der Waals surface area contributed by atoms with E-state index in [1.54, 1.807) is 18.3 Å². The Labute approximate surface area is 123 Å². The second-order valence-corrected chi connectivity index (χ2v) is 5.22. The Balaban J connectivity index is 1.72. The molecular formula is C16H18N4O. The maximum atomic E-state index is 12.5. The van der Waals surface area contributed by atoms with Crippen LogP contribution < -0.4 is 11.3 Å². The number of benzene rings is 1. The van der Waals surface area contributed by atoms with Crippen molar-refractivity contribution in [3.63, 3.8) is 0 Å². The topological polar surface area (TPSA) is 71.2 Å². The van der Waals surface area contributed by atoms with Gasteiger partial charge in [0.05, 0.1) is 0 Å². The number of likely N-dealkylation sites (tertiary alicyclic amines) is 1. The first-order valence-corrected chi connectivity index (χ1v) is 7.05. The molecule has 1 aromatic carbocycles. The molecule has 1 amide bonds. The maximum Gasteiger partial charge on any atom is 0.254 e. The van der Waals surface area contributed by atoms with Crippen LogP contribution in [0.3, 0.4) is 0 Å². The van der Waals surface area contributed by atoms with E-state index < -0.39 is 0 Å². The lowest BCUT2D eigenvalue weighted by Gasteiger charge is -2.17. The van der Waals surface area contributed by atoms with Crippen LogP contribution in [0.4, 0.5) is 5.82 Å². The molecule has 1 aliphatic rings. The van der Waals surface area contributed by atoms with Crippen LogP contribution in [0.25, 0.3) is 0 Å². The molecule has 1 unspecified atom stereocenters. The first-order chi connectivity index (χ1) is 10.3. The predicted molar refractivity (Wildman–Crippen MR) is 81.8 cm³/mol. The summed E-state index contributed by atoms with van der Waals surface area (Å²) in [5, 5.41) is 0. The highest BCUT2D eigenvalue weighted by Crippen LogP contribution is 2.28. The van der Waals surface area contributed by atoms with Gasteiger partial charge < -0.3 is 10.3 Å². The first kappa shape index (κ1) is 13.6. The molecular weight excluding hydrogens is 264 g/mol. The fourth-order valence-electron chi connectivity index (χ4n) is 2.77. The highest BCUT2D eigenvalue weighted by molar-refractivity contribution is 5.95. The van der Waals surface area contributed by atoms with Crippen LogP contribution in [0.2, 0.25) is 0 Å². The monoisotopic (exact) mass is 282 g/mol. The summed E-state index contributed by atoms with van der Waals surface area (Å²) in [6.07, 6.45) is 2.59. The third kappa shape index (κ3) is 2.87. The van der Waals surface area contributed by atoms with Gasteiger partial charge in [-0.15, -0.1) is 0 Å². The van der Waals surface area contributed by atoms with Crippen molar-refractivity contribution in [2.24, 2.45) is 5.84 Å². The number of nitrogen functional groups attached to an aromatic ring is 1. The van der Waals surface area contributed by atoms with E-state index in [4.69, 9.17) is 5.84 Å². The van der Waals surface area contributed by atoms with E-state index >= 15 is 0 Å². The van der Waals surface area contributed by atoms with Crippen molar-refractivity contribution >= 4 is 11.7 Å². The second kappa shape index (κ2) is 5.93. The Bertz CT molecular complexity index is 629. The van der Waals surface area contributed by atoms with Gasteiger partial charge in [-0.25, -0.2) is 10.8 Å². The molecule has 0 aliphatic carbocycles. The molecule has 1 aromatic heterocycles. The van der Waals surface area contributed by atoms with E-state index in [-0.39, 0.29) is 5.91 Å². The van der Waals surface area contributed by atoms with Crippen LogP contribution in [-0.2, 0) is 0 Å². The minimum absolute atomic E-state index is 0.0346. The van der Waals surface area contributed by atoms with Crippen molar-refractivity contribution < 1.29 is 4.79 Å². The summed E-state index contributed by atoms with van der Waals surface area (Å²) in [5.41, 5.74) is 4.38. The normalized spacial score (nSPS) is 17.8. The summed E-state index contributed by atoms with van der Waals surface area (Å²) in [6.45, 7) is 1.54. The molecule has 3 N–H and O–H groups in total. The Morgan fingerprint density at radius 1 is 1.29 bits per heavy atom. The fraction of sp³-hybridized carbons (Fsp3) is 0.250. The Hall–Kier alpha value is -2.40. The molecule has 21 heavy (non-hydrogen) atoms. The first-order valence-electron chi connectivity index (χ1n) is 7.05. The molecule has 2 aromatic rings. The van der Waals surface area contributed by atoms with Gasteiger partial charge in [-0.3, -0.25) is 4.79 Å². The molecule has 0 radical (unpaired) electrons. The third-order valence-corrected chi connectivity index (χ3v) is 3.90. The number of aromatic nitrogens is 1. The van der Waals surface area contributed by atoms with E-state index in [2.05, 4.69) is 22.5 Å². The lowest BCUT2D eigenvalue weighted by molar-refractivity contribution is 0.0790. The van der Waals surface area contributed by atoms with E-state index in [1.165, 1.54) is 5.56 Å². The minimum atomic E-state index is 0.0346. The number of nitrogens with one attached hydrogen (secondary N) is 1. The molecule has 0 bridgehead atoms. The maximum absolute atomic E-state index is 12.5. The number of pyridine rings is 1. The van der Waals surface area contributed by atoms with Gasteiger partial charge in [-0.1, -0.05) is 30.3 Å². The average Bonchev–Trinajstić information content (AvgIpc) is 3.05. The predicted octanol–water partition coefficient (Wildman–Crippen LogP) is 2.00. The van der Waals surface area contributed by atoms with Gasteiger partial charge >= 0.3 is 0 Å². The molecule has 3 rings (SSSR count). The molecule has 1 aliphatic heterocycles. The number of hydrogen-bond acceptors (Lipinski definition) is 4. The number of nitrogens with zero attached hydrogens (tertiary/aromatic N) is 2. The van der Waals surface area contributed by atoms with Gasteiger partial charge in [0, 0.05) is 30.8 Å². The minimum Gasteiger partial charge on any atom is -0.338 e. The zero-order chi connectivity index (χ0) is 14.7. The van der Waals surface area contributed by atoms with Crippen LogP contribution in [0.1, 0.15) is 28.3 Å². The quantitative estimate of drug-likeness (QED) is 0.667. The van der Waals surface area contributed by atoms with Crippen molar-refractivity contribution in [2.75, 3.05) is 18.5 Å². The van der Waals surface area contributed by atoms with Crippen LogP contribution >= 0.6 is 0 Å². The fourth-order valence-corrected chi connectivity index (χ4v) is 2.77. The van der Waals surface area contributed by atoms with E-state index in [9.17, 15) is 4.79 Å². The van der Waals surface area contributed by atoms with Gasteiger partial charge in [-0.2, -0.15) is 0 Å². The van der Waals surface area contributed by atoms with Crippen molar-refractivity contribution in [3.05, 3.63) is 59.8 Å². The molecule has 5 heteroatoms. The van der Waals surface area contributed by atoms with Crippen molar-refractivity contribution in [1.29, 1.82) is 0 Å². The second-order valence-electron chi connectivity index (χ2n) is 5.22. The van der Waals surface area contributed by atoms with Crippen molar-refractivity contribution in [1.82, 2.24) is 9.88 Å². The zero-order valence-electron chi connectivity index (χ0n) is 11.7. The number of carbonyl (C=O) groups is 1. The van der Waals surface area contributed by atoms with Crippen LogP contribution in [0.5, 0.6) is 0 Å². The molecule has 2 heterocycles. The number of carbonyl (C=O) groups excluding carboxylic acids is 1. The number of hydrazine groups is 1. The summed E-state index contributed by atoms with van der Waals surface area (Å²) in [7, 11) is 0. The highest BCUT2D eigenvalue weighted by Gasteiger charge is 2.27. The summed E-state index contributed by atoms with van der Waals surface area (Å²) in [6, 6.07) is 13.8. The Kier molecular flexibility index (Phi) is 3.83. The van der Waals surface area contributed by atoms with Gasteiger partial charge in [-0.05, 0) is 24.1 Å². The Morgan fingerprint density at radius 3 is 2.86 bits per heavy atom. The largest absolute Gasteiger partial charge is 0.338 e. The number of nitrogens with two attached hydrogens (primary N) is 1. The summed E-state index contributed by atoms with van der Waals surface area (Å²) >= 11 is 0. The Morgan fingerprint density at radius 2 is 2.10 bits per heavy atom. The molecule has 1 atom stereocenters. The molecule has 1 saturated heterocycles. The standard InChI is InChI=1S/C16H18N4O/c17-19-15-10-13(6-8-18-15)16(21)20-9-7-14(11-20)12-4-2-1-3-5-12/h1-6,8,10,14H,7,9,11,17H2,(H,18,19). The van der Waals surface area contributed by atoms with Gasteiger partial charge in [0.15, 0.2) is 0 Å². The number of rotatable bonds is 3. The lowest BCUT2D eigenvalue weighted by Crippen LogP contribution is -2.28. The molecule has 0 spiro atoms. The number of anilines is 1. The lowest BCUT2D eigenvalue weighted by atomic mass is 9.99. The van der Waals surface area contributed by atoms with Gasteiger partial charge in [0.1, 0.15) is 5.82 Å². The van der Waals surface area contributed by atoms with Crippen LogP contribution in [-0.4, -0.2) is 28.9 Å². The highest BCUT2D eigenvalue weighted by atomic mass is 16.2. The summed E-state index contributed by atoms with van der Waals surface area (Å²) in [5.74, 6) is 6.29. The van der Waals surface area contributed by atoms with Gasteiger partial charge in [0.25, 0.3) is 5.91 Å². The van der Waals surface area contributed by atoms with Crippen molar-refractivity contribution in [3.8, 4) is 0 Å². The van der Waals surface area contributed by atoms with E-state index in [1.807, 2.05) is 23.1 Å². The molecule has 1 fully saturated rings. The average molecular weight is 282 g/mol.